The molecule has 9 nitrogen and oxygen atoms in total. The van der Waals surface area contributed by atoms with E-state index in [0.29, 0.717) is 28.0 Å². The molecule has 36 heavy (non-hydrogen) atoms. The molecule has 0 bridgehead atoms. The van der Waals surface area contributed by atoms with Crippen molar-refractivity contribution >= 4 is 38.7 Å². The molecule has 0 aliphatic rings. The second kappa shape index (κ2) is 9.34. The zero-order chi connectivity index (χ0) is 26.2. The minimum absolute atomic E-state index is 0.0395. The first kappa shape index (κ1) is 24.7. The Labute approximate surface area is 205 Å². The van der Waals surface area contributed by atoms with Crippen LogP contribution in [0.25, 0.3) is 22.3 Å². The minimum Gasteiger partial charge on any atom is -0.455 e. The number of primary amides is 1. The van der Waals surface area contributed by atoms with E-state index in [2.05, 4.69) is 4.74 Å². The van der Waals surface area contributed by atoms with E-state index in [1.165, 1.54) is 25.2 Å². The molecule has 1 aromatic heterocycles. The highest BCUT2D eigenvalue weighted by atomic mass is 32.2. The molecule has 2 N–H and O–H groups in total. The number of anilines is 1. The van der Waals surface area contributed by atoms with Crippen LogP contribution < -0.4 is 14.8 Å². The molecule has 11 heteroatoms. The van der Waals surface area contributed by atoms with E-state index < -0.39 is 27.9 Å². The lowest BCUT2D eigenvalue weighted by Gasteiger charge is -2.18. The van der Waals surface area contributed by atoms with Crippen LogP contribution in [0.2, 0.25) is 0 Å². The smallest absolute Gasteiger partial charge is 0.412 e. The van der Waals surface area contributed by atoms with Crippen LogP contribution in [-0.4, -0.2) is 33.8 Å². The quantitative estimate of drug-likeness (QED) is 0.285. The molecular formula is C25H21FN2O7S. The van der Waals surface area contributed by atoms with Gasteiger partial charge in [-0.05, 0) is 55.0 Å². The van der Waals surface area contributed by atoms with Crippen molar-refractivity contribution < 1.29 is 36.3 Å². The monoisotopic (exact) mass is 512 g/mol. The first-order valence-electron chi connectivity index (χ1n) is 10.5. The van der Waals surface area contributed by atoms with Gasteiger partial charge in [0.05, 0.1) is 11.9 Å². The third-order valence-corrected chi connectivity index (χ3v) is 6.61. The van der Waals surface area contributed by atoms with Gasteiger partial charge in [-0.1, -0.05) is 12.1 Å². The first-order valence-corrected chi connectivity index (χ1v) is 12.4. The first-order chi connectivity index (χ1) is 17.0. The molecule has 0 saturated heterocycles. The van der Waals surface area contributed by atoms with Gasteiger partial charge in [-0.2, -0.15) is 0 Å². The van der Waals surface area contributed by atoms with E-state index in [1.54, 1.807) is 49.4 Å². The molecule has 0 aliphatic heterocycles. The lowest BCUT2D eigenvalue weighted by atomic mass is 10.0. The van der Waals surface area contributed by atoms with Crippen LogP contribution in [0.1, 0.15) is 15.9 Å². The average Bonchev–Trinajstić information content (AvgIpc) is 3.17. The Kier molecular flexibility index (Phi) is 6.42. The second-order valence-electron chi connectivity index (χ2n) is 7.94. The molecule has 0 atom stereocenters. The van der Waals surface area contributed by atoms with E-state index in [4.69, 9.17) is 14.9 Å². The fourth-order valence-electron chi connectivity index (χ4n) is 3.64. The summed E-state index contributed by atoms with van der Waals surface area (Å²) in [5, 5.41) is 0.297. The van der Waals surface area contributed by atoms with Gasteiger partial charge in [-0.3, -0.25) is 4.31 Å². The van der Waals surface area contributed by atoms with Gasteiger partial charge in [0, 0.05) is 24.1 Å². The Morgan fingerprint density at radius 2 is 1.72 bits per heavy atom. The highest BCUT2D eigenvalue weighted by Crippen LogP contribution is 2.38. The number of aryl methyl sites for hydroxylation is 1. The van der Waals surface area contributed by atoms with Crippen LogP contribution in [-0.2, 0) is 14.8 Å². The Hall–Kier alpha value is -4.38. The Balaban J connectivity index is 1.82. The number of carbonyl (C=O) groups excluding carboxylic acids is 2. The summed E-state index contributed by atoms with van der Waals surface area (Å²) in [6, 6.07) is 15.2. The molecule has 0 aliphatic carbocycles. The molecular weight excluding hydrogens is 491 g/mol. The third-order valence-electron chi connectivity index (χ3n) is 5.42. The van der Waals surface area contributed by atoms with Gasteiger partial charge < -0.3 is 19.6 Å². The summed E-state index contributed by atoms with van der Waals surface area (Å²) in [5.41, 5.74) is 6.45. The number of sulfonamides is 1. The number of nitrogens with zero attached hydrogens (tertiary/aromatic N) is 1. The number of carbonyl (C=O) groups is 2. The van der Waals surface area contributed by atoms with Crippen LogP contribution in [0.15, 0.2) is 65.1 Å². The number of nitrogens with two attached hydrogens (primary N) is 1. The van der Waals surface area contributed by atoms with Crippen molar-refractivity contribution in [2.45, 2.75) is 6.92 Å². The van der Waals surface area contributed by atoms with E-state index in [1.807, 2.05) is 0 Å². The van der Waals surface area contributed by atoms with Crippen LogP contribution in [0.3, 0.4) is 0 Å². The summed E-state index contributed by atoms with van der Waals surface area (Å²) in [6.45, 7) is 1.67. The van der Waals surface area contributed by atoms with E-state index in [9.17, 15) is 22.4 Å². The van der Waals surface area contributed by atoms with Crippen LogP contribution in [0.5, 0.6) is 11.5 Å². The molecule has 4 aromatic rings. The number of furan rings is 1. The zero-order valence-electron chi connectivity index (χ0n) is 19.4. The number of fused-ring (bicyclic) bond motifs is 1. The molecule has 4 rings (SSSR count). The number of hydrogen-bond acceptors (Lipinski definition) is 7. The predicted octanol–water partition coefficient (Wildman–Crippen LogP) is 4.97. The Morgan fingerprint density at radius 3 is 2.33 bits per heavy atom. The number of amides is 1. The molecule has 1 heterocycles. The summed E-state index contributed by atoms with van der Waals surface area (Å²) < 4.78 is 55.2. The standard InChI is InChI=1S/C25H21FN2O7S/c1-14-12-17-21(13-19(14)28(2)36(3,31)32)34-23(22(17)24(29)35-25(27)30)15-8-10-16(11-9-15)33-20-7-5-4-6-18(20)26/h4-13H,1-3H3,(H2,27,30). The molecule has 0 unspecified atom stereocenters. The van der Waals surface area contributed by atoms with Gasteiger partial charge in [-0.15, -0.1) is 0 Å². The SMILES string of the molecule is Cc1cc2c(C(=O)OC(N)=O)c(-c3ccc(Oc4ccccc4F)cc3)oc2cc1N(C)S(C)(=O)=O. The van der Waals surface area contributed by atoms with Crippen molar-refractivity contribution in [1.82, 2.24) is 0 Å². The normalized spacial score (nSPS) is 11.3. The van der Waals surface area contributed by atoms with E-state index in [-0.39, 0.29) is 22.7 Å². The number of ether oxygens (including phenoxy) is 2. The number of para-hydroxylation sites is 1. The Morgan fingerprint density at radius 1 is 1.06 bits per heavy atom. The fraction of sp³-hybridized carbons (Fsp3) is 0.120. The van der Waals surface area contributed by atoms with Crippen molar-refractivity contribution in [2.24, 2.45) is 5.73 Å². The van der Waals surface area contributed by atoms with Crippen LogP contribution >= 0.6 is 0 Å². The van der Waals surface area contributed by atoms with Gasteiger partial charge in [0.15, 0.2) is 11.6 Å². The number of hydrogen-bond donors (Lipinski definition) is 1. The predicted molar refractivity (Wildman–Crippen MR) is 131 cm³/mol. The topological polar surface area (TPSA) is 129 Å². The van der Waals surface area contributed by atoms with Crippen molar-refractivity contribution in [3.63, 3.8) is 0 Å². The van der Waals surface area contributed by atoms with Gasteiger partial charge >= 0.3 is 12.1 Å². The second-order valence-corrected chi connectivity index (χ2v) is 9.95. The van der Waals surface area contributed by atoms with Gasteiger partial charge in [-0.25, -0.2) is 22.4 Å². The summed E-state index contributed by atoms with van der Waals surface area (Å²) >= 11 is 0. The van der Waals surface area contributed by atoms with Crippen molar-refractivity contribution in [2.75, 3.05) is 17.6 Å². The number of esters is 1. The minimum atomic E-state index is -3.57. The number of rotatable bonds is 6. The van der Waals surface area contributed by atoms with Crippen LogP contribution in [0.4, 0.5) is 14.9 Å². The third kappa shape index (κ3) is 4.86. The van der Waals surface area contributed by atoms with E-state index >= 15 is 0 Å². The fourth-order valence-corrected chi connectivity index (χ4v) is 4.19. The number of benzene rings is 3. The highest BCUT2D eigenvalue weighted by Gasteiger charge is 2.27. The Bertz CT molecular complexity index is 1590. The molecule has 3 aromatic carbocycles. The lowest BCUT2D eigenvalue weighted by molar-refractivity contribution is 0.0640. The van der Waals surface area contributed by atoms with Crippen molar-refractivity contribution in [3.8, 4) is 22.8 Å². The summed E-state index contributed by atoms with van der Waals surface area (Å²) in [6.07, 6.45) is -0.232. The van der Waals surface area contributed by atoms with Gasteiger partial charge in [0.25, 0.3) is 0 Å². The lowest BCUT2D eigenvalue weighted by Crippen LogP contribution is -2.25. The zero-order valence-corrected chi connectivity index (χ0v) is 20.3. The maximum absolute atomic E-state index is 13.9. The largest absolute Gasteiger partial charge is 0.455 e. The summed E-state index contributed by atoms with van der Waals surface area (Å²) in [5.74, 6) is -1.13. The van der Waals surface area contributed by atoms with Crippen LogP contribution in [0, 0.1) is 12.7 Å². The molecule has 0 radical (unpaired) electrons. The molecule has 186 valence electrons. The molecule has 0 spiro atoms. The molecule has 0 fully saturated rings. The van der Waals surface area contributed by atoms with Crippen molar-refractivity contribution in [1.29, 1.82) is 0 Å². The number of halogens is 1. The summed E-state index contributed by atoms with van der Waals surface area (Å²) in [4.78, 5) is 24.1. The molecule has 0 saturated carbocycles. The van der Waals surface area contributed by atoms with Gasteiger partial charge in [0.1, 0.15) is 22.7 Å². The van der Waals surface area contributed by atoms with Gasteiger partial charge in [0.2, 0.25) is 10.0 Å². The maximum Gasteiger partial charge on any atom is 0.412 e. The average molecular weight is 513 g/mol. The highest BCUT2D eigenvalue weighted by molar-refractivity contribution is 7.92. The van der Waals surface area contributed by atoms with Crippen molar-refractivity contribution in [3.05, 3.63) is 77.6 Å². The van der Waals surface area contributed by atoms with E-state index in [0.717, 1.165) is 10.6 Å². The molecule has 1 amide bonds. The summed E-state index contributed by atoms with van der Waals surface area (Å²) in [7, 11) is -2.18. The maximum atomic E-state index is 13.9.